The van der Waals surface area contributed by atoms with Gasteiger partial charge in [-0.05, 0) is 83.4 Å². The van der Waals surface area contributed by atoms with Crippen LogP contribution in [0.3, 0.4) is 0 Å². The Kier molecular flexibility index (Phi) is 7.38. The van der Waals surface area contributed by atoms with Gasteiger partial charge in [-0.3, -0.25) is 9.24 Å². The molecule has 0 fully saturated rings. The van der Waals surface area contributed by atoms with Gasteiger partial charge in [0.15, 0.2) is 0 Å². The van der Waals surface area contributed by atoms with Gasteiger partial charge in [-0.2, -0.15) is 0 Å². The molecule has 2 aromatic heterocycles. The van der Waals surface area contributed by atoms with Crippen LogP contribution in [0.1, 0.15) is 0 Å². The number of para-hydroxylation sites is 4. The molecule has 0 aliphatic carbocycles. The van der Waals surface area contributed by atoms with Crippen molar-refractivity contribution in [1.29, 1.82) is 0 Å². The monoisotopic (exact) mass is 736 g/mol. The maximum Gasteiger partial charge on any atom is 0.270 e. The number of hydrogen-bond donors (Lipinski definition) is 0. The van der Waals surface area contributed by atoms with Crippen LogP contribution in [0.15, 0.2) is 200 Å². The lowest BCUT2D eigenvalue weighted by molar-refractivity contribution is 0.585. The number of hydrogen-bond acceptors (Lipinski definition) is 3. The number of anilines is 2. The van der Waals surface area contributed by atoms with Crippen LogP contribution in [0.25, 0.3) is 71.9 Å². The molecule has 1 atom stereocenters. The van der Waals surface area contributed by atoms with Crippen molar-refractivity contribution < 1.29 is 4.57 Å². The normalized spacial score (nSPS) is 14.9. The first-order valence-corrected chi connectivity index (χ1v) is 20.4. The maximum absolute atomic E-state index is 16.5. The van der Waals surface area contributed by atoms with Gasteiger partial charge in [0.2, 0.25) is 5.57 Å². The SMILES string of the molecule is O=P1(c2nc(-c3ccccc3)c3ccccc3n2)c2ccccc2-c2cc(-c3ccc4c(c3)c3ccccc3n4-c3ccccc3)ccc2N1c1ccccc1. The van der Waals surface area contributed by atoms with E-state index in [-0.39, 0.29) is 0 Å². The summed E-state index contributed by atoms with van der Waals surface area (Å²) < 4.78 is 20.9. The minimum Gasteiger partial charge on any atom is -0.309 e. The van der Waals surface area contributed by atoms with Gasteiger partial charge in [0, 0.05) is 44.0 Å². The van der Waals surface area contributed by atoms with Gasteiger partial charge in [-0.1, -0.05) is 133 Å². The molecule has 1 aliphatic rings. The van der Waals surface area contributed by atoms with Gasteiger partial charge >= 0.3 is 0 Å². The molecule has 6 heteroatoms. The molecule has 264 valence electrons. The molecule has 1 unspecified atom stereocenters. The molecule has 11 rings (SSSR count). The summed E-state index contributed by atoms with van der Waals surface area (Å²) in [5.41, 5.74) is 12.0. The van der Waals surface area contributed by atoms with E-state index in [0.29, 0.717) is 10.9 Å². The predicted octanol–water partition coefficient (Wildman–Crippen LogP) is 12.1. The van der Waals surface area contributed by atoms with Crippen molar-refractivity contribution in [3.8, 4) is 39.2 Å². The smallest absolute Gasteiger partial charge is 0.270 e. The molecule has 0 bridgehead atoms. The molecule has 5 nitrogen and oxygen atoms in total. The number of fused-ring (bicyclic) bond motifs is 7. The van der Waals surface area contributed by atoms with E-state index in [0.717, 1.165) is 67.0 Å². The fourth-order valence-corrected chi connectivity index (χ4v) is 11.3. The molecule has 10 aromatic rings. The number of aromatic nitrogens is 3. The van der Waals surface area contributed by atoms with Crippen LogP contribution in [-0.4, -0.2) is 14.5 Å². The van der Waals surface area contributed by atoms with E-state index >= 15 is 4.57 Å². The molecule has 0 radical (unpaired) electrons. The summed E-state index contributed by atoms with van der Waals surface area (Å²) in [6.07, 6.45) is 0. The second-order valence-corrected chi connectivity index (χ2v) is 16.6. The van der Waals surface area contributed by atoms with Crippen molar-refractivity contribution >= 4 is 62.2 Å². The van der Waals surface area contributed by atoms with Crippen molar-refractivity contribution in [3.05, 3.63) is 200 Å². The first kappa shape index (κ1) is 32.4. The zero-order valence-electron chi connectivity index (χ0n) is 30.2. The third-order valence-corrected chi connectivity index (χ3v) is 13.8. The third-order valence-electron chi connectivity index (χ3n) is 11.0. The predicted molar refractivity (Wildman–Crippen MR) is 232 cm³/mol. The summed E-state index contributed by atoms with van der Waals surface area (Å²) in [7, 11) is -3.74. The van der Waals surface area contributed by atoms with Crippen molar-refractivity contribution in [2.24, 2.45) is 0 Å². The van der Waals surface area contributed by atoms with Gasteiger partial charge in [-0.25, -0.2) is 9.97 Å². The lowest BCUT2D eigenvalue weighted by Gasteiger charge is -2.39. The molecule has 56 heavy (non-hydrogen) atoms. The van der Waals surface area contributed by atoms with Gasteiger partial charge in [-0.15, -0.1) is 0 Å². The highest BCUT2D eigenvalue weighted by Crippen LogP contribution is 2.61. The lowest BCUT2D eigenvalue weighted by Crippen LogP contribution is -2.36. The highest BCUT2D eigenvalue weighted by molar-refractivity contribution is 7.80. The second kappa shape index (κ2) is 12.8. The van der Waals surface area contributed by atoms with Crippen molar-refractivity contribution in [1.82, 2.24) is 14.5 Å². The Balaban J connectivity index is 1.13. The van der Waals surface area contributed by atoms with Crippen LogP contribution in [0.2, 0.25) is 0 Å². The Morgan fingerprint density at radius 1 is 0.429 bits per heavy atom. The van der Waals surface area contributed by atoms with E-state index in [1.807, 2.05) is 108 Å². The Morgan fingerprint density at radius 2 is 1.04 bits per heavy atom. The van der Waals surface area contributed by atoms with Gasteiger partial charge in [0.25, 0.3) is 7.29 Å². The highest BCUT2D eigenvalue weighted by atomic mass is 31.2. The Bertz CT molecular complexity index is 3180. The Morgan fingerprint density at radius 3 is 1.84 bits per heavy atom. The summed E-state index contributed by atoms with van der Waals surface area (Å²) in [4.78, 5) is 10.4. The van der Waals surface area contributed by atoms with E-state index in [9.17, 15) is 0 Å². The third kappa shape index (κ3) is 4.91. The van der Waals surface area contributed by atoms with Crippen LogP contribution in [-0.2, 0) is 4.57 Å². The summed E-state index contributed by atoms with van der Waals surface area (Å²) in [6, 6.07) is 68.6. The highest BCUT2D eigenvalue weighted by Gasteiger charge is 2.45. The standard InChI is InChI=1S/C50H33N4OP/c55-56(50-51-44-25-13-10-24-41(44)49(52-50)34-16-4-1-5-17-34)48-27-15-12-23-40(48)43-33-36(29-31-47(43)54(56)38-20-8-3-9-21-38)35-28-30-46-42(32-35)39-22-11-14-26-45(39)53(46)37-18-6-2-7-19-37/h1-33H. The maximum atomic E-state index is 16.5. The Labute approximate surface area is 324 Å². The molecule has 0 N–H and O–H groups in total. The van der Waals surface area contributed by atoms with Gasteiger partial charge in [0.1, 0.15) is 0 Å². The van der Waals surface area contributed by atoms with E-state index < -0.39 is 7.29 Å². The zero-order valence-corrected chi connectivity index (χ0v) is 31.1. The number of rotatable bonds is 5. The van der Waals surface area contributed by atoms with Crippen LogP contribution in [0, 0.1) is 0 Å². The average molecular weight is 737 g/mol. The van der Waals surface area contributed by atoms with E-state index in [4.69, 9.17) is 9.97 Å². The fraction of sp³-hybridized carbons (Fsp3) is 0. The fourth-order valence-electron chi connectivity index (χ4n) is 8.43. The molecular weight excluding hydrogens is 704 g/mol. The van der Waals surface area contributed by atoms with Crippen molar-refractivity contribution in [2.45, 2.75) is 0 Å². The van der Waals surface area contributed by atoms with E-state index in [1.54, 1.807) is 0 Å². The molecular formula is C50H33N4OP. The van der Waals surface area contributed by atoms with Crippen LogP contribution < -0.4 is 15.5 Å². The molecule has 8 aromatic carbocycles. The largest absolute Gasteiger partial charge is 0.309 e. The van der Waals surface area contributed by atoms with Crippen molar-refractivity contribution in [3.63, 3.8) is 0 Å². The Hall–Kier alpha value is -7.07. The van der Waals surface area contributed by atoms with Gasteiger partial charge < -0.3 is 4.57 Å². The van der Waals surface area contributed by atoms with Crippen molar-refractivity contribution in [2.75, 3.05) is 4.67 Å². The molecule has 0 spiro atoms. The summed E-state index contributed by atoms with van der Waals surface area (Å²) >= 11 is 0. The molecule has 3 heterocycles. The summed E-state index contributed by atoms with van der Waals surface area (Å²) in [6.45, 7) is 0. The van der Waals surface area contributed by atoms with Crippen LogP contribution in [0.5, 0.6) is 0 Å². The quantitative estimate of drug-likeness (QED) is 0.165. The zero-order chi connectivity index (χ0) is 37.2. The molecule has 0 saturated carbocycles. The summed E-state index contributed by atoms with van der Waals surface area (Å²) in [5, 5.41) is 4.03. The number of nitrogens with zero attached hydrogens (tertiary/aromatic N) is 4. The lowest BCUT2D eigenvalue weighted by atomic mass is 9.96. The minimum absolute atomic E-state index is 0.307. The first-order valence-electron chi connectivity index (χ1n) is 18.8. The van der Waals surface area contributed by atoms with Crippen LogP contribution in [0.4, 0.5) is 11.4 Å². The molecule has 0 saturated heterocycles. The number of benzene rings is 8. The molecule has 1 aliphatic heterocycles. The molecule has 0 amide bonds. The first-order chi connectivity index (χ1) is 27.7. The summed E-state index contributed by atoms with van der Waals surface area (Å²) in [5.74, 6) is 0. The average Bonchev–Trinajstić information content (AvgIpc) is 3.60. The van der Waals surface area contributed by atoms with E-state index in [2.05, 4.69) is 102 Å². The second-order valence-electron chi connectivity index (χ2n) is 14.1. The van der Waals surface area contributed by atoms with E-state index in [1.165, 1.54) is 16.3 Å². The van der Waals surface area contributed by atoms with Crippen LogP contribution >= 0.6 is 7.29 Å². The topological polar surface area (TPSA) is 51.0 Å². The minimum atomic E-state index is -3.74. The van der Waals surface area contributed by atoms with Gasteiger partial charge in [0.05, 0.1) is 27.9 Å².